The van der Waals surface area contributed by atoms with E-state index in [1.807, 2.05) is 12.1 Å². The molecule has 0 aliphatic heterocycles. The maximum Gasteiger partial charge on any atom is 0.106 e. The van der Waals surface area contributed by atoms with Crippen molar-refractivity contribution in [1.82, 2.24) is 0 Å². The number of hydrogen-bond donors (Lipinski definition) is 0. The number of nitrogens with zero attached hydrogens (tertiary/aromatic N) is 1. The standard InChI is InChI=1S/C15H21NO/c1-2-12-3-7-14(8-4-12)15-9-5-13(6-10-15)11-16-17/h5-6,9-10,12,14H,2-4,7-8,11H2,1H3. The highest BCUT2D eigenvalue weighted by Crippen LogP contribution is 2.36. The first-order valence-electron chi connectivity index (χ1n) is 6.71. The van der Waals surface area contributed by atoms with Crippen LogP contribution < -0.4 is 0 Å². The van der Waals surface area contributed by atoms with Gasteiger partial charge in [0.2, 0.25) is 0 Å². The van der Waals surface area contributed by atoms with Gasteiger partial charge in [-0.15, -0.1) is 0 Å². The van der Waals surface area contributed by atoms with Crippen molar-refractivity contribution in [3.05, 3.63) is 40.3 Å². The summed E-state index contributed by atoms with van der Waals surface area (Å²) in [7, 11) is 0. The van der Waals surface area contributed by atoms with Gasteiger partial charge in [-0.25, -0.2) is 0 Å². The molecule has 1 aromatic rings. The van der Waals surface area contributed by atoms with Gasteiger partial charge in [0, 0.05) is 0 Å². The van der Waals surface area contributed by atoms with Gasteiger partial charge in [0.15, 0.2) is 0 Å². The van der Waals surface area contributed by atoms with E-state index >= 15 is 0 Å². The second-order valence-electron chi connectivity index (χ2n) is 5.15. The summed E-state index contributed by atoms with van der Waals surface area (Å²) >= 11 is 0. The van der Waals surface area contributed by atoms with Crippen LogP contribution in [0, 0.1) is 10.8 Å². The third kappa shape index (κ3) is 3.15. The molecule has 1 aliphatic carbocycles. The van der Waals surface area contributed by atoms with Gasteiger partial charge in [-0.2, -0.15) is 4.91 Å². The van der Waals surface area contributed by atoms with E-state index in [1.165, 1.54) is 37.7 Å². The minimum absolute atomic E-state index is 0.294. The number of benzene rings is 1. The maximum atomic E-state index is 10.2. The van der Waals surface area contributed by atoms with Gasteiger partial charge in [-0.1, -0.05) is 42.8 Å². The smallest absolute Gasteiger partial charge is 0.106 e. The number of nitroso groups, excluding NO2 is 1. The lowest BCUT2D eigenvalue weighted by atomic mass is 9.78. The number of rotatable bonds is 4. The molecule has 0 bridgehead atoms. The van der Waals surface area contributed by atoms with E-state index in [0.717, 1.165) is 17.4 Å². The molecule has 2 heteroatoms. The first-order chi connectivity index (χ1) is 8.33. The van der Waals surface area contributed by atoms with E-state index in [9.17, 15) is 4.91 Å². The van der Waals surface area contributed by atoms with Gasteiger partial charge in [-0.05, 0) is 48.6 Å². The molecule has 0 amide bonds. The fourth-order valence-corrected chi connectivity index (χ4v) is 2.87. The van der Waals surface area contributed by atoms with Crippen LogP contribution in [0.2, 0.25) is 0 Å². The molecule has 92 valence electrons. The van der Waals surface area contributed by atoms with Crippen molar-refractivity contribution in [3.63, 3.8) is 0 Å². The Labute approximate surface area is 103 Å². The van der Waals surface area contributed by atoms with Gasteiger partial charge in [0.05, 0.1) is 0 Å². The Morgan fingerprint density at radius 3 is 2.29 bits per heavy atom. The molecule has 0 saturated heterocycles. The van der Waals surface area contributed by atoms with E-state index < -0.39 is 0 Å². The van der Waals surface area contributed by atoms with E-state index in [0.29, 0.717) is 6.54 Å². The summed E-state index contributed by atoms with van der Waals surface area (Å²) < 4.78 is 0. The molecule has 1 aromatic carbocycles. The molecular weight excluding hydrogens is 210 g/mol. The molecule has 0 spiro atoms. The second kappa shape index (κ2) is 5.95. The fraction of sp³-hybridized carbons (Fsp3) is 0.600. The quantitative estimate of drug-likeness (QED) is 0.694. The molecule has 0 unspecified atom stereocenters. The Kier molecular flexibility index (Phi) is 4.29. The largest absolute Gasteiger partial charge is 0.150 e. The van der Waals surface area contributed by atoms with Crippen molar-refractivity contribution in [3.8, 4) is 0 Å². The Morgan fingerprint density at radius 2 is 1.76 bits per heavy atom. The molecule has 1 saturated carbocycles. The molecule has 0 radical (unpaired) electrons. The maximum absolute atomic E-state index is 10.2. The molecule has 0 heterocycles. The van der Waals surface area contributed by atoms with Gasteiger partial charge in [0.1, 0.15) is 6.54 Å². The highest BCUT2D eigenvalue weighted by atomic mass is 16.3. The zero-order valence-corrected chi connectivity index (χ0v) is 10.6. The van der Waals surface area contributed by atoms with Gasteiger partial charge in [-0.3, -0.25) is 0 Å². The lowest BCUT2D eigenvalue weighted by Crippen LogP contribution is -2.12. The van der Waals surface area contributed by atoms with E-state index in [1.54, 1.807) is 0 Å². The molecule has 17 heavy (non-hydrogen) atoms. The molecular formula is C15H21NO. The molecule has 0 aromatic heterocycles. The molecule has 0 atom stereocenters. The summed E-state index contributed by atoms with van der Waals surface area (Å²) in [5.74, 6) is 1.68. The minimum atomic E-state index is 0.294. The van der Waals surface area contributed by atoms with Crippen molar-refractivity contribution < 1.29 is 0 Å². The summed E-state index contributed by atoms with van der Waals surface area (Å²) in [5.41, 5.74) is 2.46. The average molecular weight is 231 g/mol. The third-order valence-electron chi connectivity index (χ3n) is 4.12. The van der Waals surface area contributed by atoms with Crippen LogP contribution >= 0.6 is 0 Å². The Bertz CT molecular complexity index is 350. The second-order valence-corrected chi connectivity index (χ2v) is 5.15. The van der Waals surface area contributed by atoms with Crippen molar-refractivity contribution in [1.29, 1.82) is 0 Å². The summed E-state index contributed by atoms with van der Waals surface area (Å²) in [4.78, 5) is 10.2. The third-order valence-corrected chi connectivity index (χ3v) is 4.12. The van der Waals surface area contributed by atoms with Gasteiger partial charge >= 0.3 is 0 Å². The lowest BCUT2D eigenvalue weighted by Gasteiger charge is -2.28. The summed E-state index contributed by atoms with van der Waals surface area (Å²) in [6.45, 7) is 2.59. The van der Waals surface area contributed by atoms with Crippen LogP contribution in [0.4, 0.5) is 0 Å². The summed E-state index contributed by atoms with van der Waals surface area (Å²) in [6.07, 6.45) is 6.72. The van der Waals surface area contributed by atoms with Crippen LogP contribution in [0.1, 0.15) is 56.1 Å². The van der Waals surface area contributed by atoms with Crippen LogP contribution in [-0.4, -0.2) is 0 Å². The number of hydrogen-bond acceptors (Lipinski definition) is 2. The van der Waals surface area contributed by atoms with E-state index in [-0.39, 0.29) is 0 Å². The zero-order chi connectivity index (χ0) is 12.1. The van der Waals surface area contributed by atoms with Gasteiger partial charge < -0.3 is 0 Å². The van der Waals surface area contributed by atoms with Crippen LogP contribution in [-0.2, 0) is 6.54 Å². The minimum Gasteiger partial charge on any atom is -0.150 e. The first-order valence-corrected chi connectivity index (χ1v) is 6.71. The van der Waals surface area contributed by atoms with E-state index in [2.05, 4.69) is 24.2 Å². The molecule has 1 fully saturated rings. The Hall–Kier alpha value is -1.18. The topological polar surface area (TPSA) is 29.4 Å². The van der Waals surface area contributed by atoms with Crippen molar-refractivity contribution in [2.24, 2.45) is 11.1 Å². The first kappa shape index (κ1) is 12.3. The summed E-state index contributed by atoms with van der Waals surface area (Å²) in [6, 6.07) is 8.44. The highest BCUT2D eigenvalue weighted by Gasteiger charge is 2.20. The lowest BCUT2D eigenvalue weighted by molar-refractivity contribution is 0.319. The zero-order valence-electron chi connectivity index (χ0n) is 10.6. The van der Waals surface area contributed by atoms with E-state index in [4.69, 9.17) is 0 Å². The molecule has 1 aliphatic rings. The molecule has 2 rings (SSSR count). The van der Waals surface area contributed by atoms with Crippen LogP contribution in [0.25, 0.3) is 0 Å². The Morgan fingerprint density at radius 1 is 1.12 bits per heavy atom. The SMILES string of the molecule is CCC1CCC(c2ccc(CN=O)cc2)CC1. The molecule has 2 nitrogen and oxygen atoms in total. The van der Waals surface area contributed by atoms with Crippen molar-refractivity contribution in [2.75, 3.05) is 0 Å². The van der Waals surface area contributed by atoms with Gasteiger partial charge in [0.25, 0.3) is 0 Å². The summed E-state index contributed by atoms with van der Waals surface area (Å²) in [5, 5.41) is 2.92. The van der Waals surface area contributed by atoms with Crippen molar-refractivity contribution in [2.45, 2.75) is 51.5 Å². The average Bonchev–Trinajstić information content (AvgIpc) is 2.40. The van der Waals surface area contributed by atoms with Crippen LogP contribution in [0.15, 0.2) is 29.4 Å². The predicted octanol–water partition coefficient (Wildman–Crippen LogP) is 4.64. The van der Waals surface area contributed by atoms with Crippen LogP contribution in [0.5, 0.6) is 0 Å². The monoisotopic (exact) mass is 231 g/mol. The normalized spacial score (nSPS) is 24.5. The highest BCUT2D eigenvalue weighted by molar-refractivity contribution is 5.25. The van der Waals surface area contributed by atoms with Crippen molar-refractivity contribution >= 4 is 0 Å². The fourth-order valence-electron chi connectivity index (χ4n) is 2.87. The molecule has 0 N–H and O–H groups in total. The Balaban J connectivity index is 1.96. The van der Waals surface area contributed by atoms with Crippen LogP contribution in [0.3, 0.4) is 0 Å². The predicted molar refractivity (Wildman–Crippen MR) is 70.9 cm³/mol.